The molecule has 3 aromatic heterocycles. The molecule has 34 heavy (non-hydrogen) atoms. The van der Waals surface area contributed by atoms with Crippen molar-refractivity contribution in [2.75, 3.05) is 44.3 Å². The average molecular weight is 475 g/mol. The monoisotopic (exact) mass is 474 g/mol. The summed E-state index contributed by atoms with van der Waals surface area (Å²) in [6.07, 6.45) is 2.46. The van der Waals surface area contributed by atoms with Gasteiger partial charge in [-0.15, -0.1) is 11.3 Å². The molecule has 6 rings (SSSR count). The van der Waals surface area contributed by atoms with E-state index < -0.39 is 0 Å². The lowest BCUT2D eigenvalue weighted by atomic mass is 10.1. The van der Waals surface area contributed by atoms with Crippen molar-refractivity contribution < 1.29 is 9.53 Å². The topological polar surface area (TPSA) is 76.4 Å². The zero-order chi connectivity index (χ0) is 23.1. The molecule has 2 aliphatic rings. The lowest BCUT2D eigenvalue weighted by Gasteiger charge is -2.25. The number of carbonyl (C=O) groups excluding carboxylic acids is 1. The van der Waals surface area contributed by atoms with E-state index in [1.165, 1.54) is 10.4 Å². The minimum atomic E-state index is 0.249. The molecule has 4 aromatic rings. The largest absolute Gasteiger partial charge is 0.379 e. The summed E-state index contributed by atoms with van der Waals surface area (Å²) in [5.41, 5.74) is 4.04. The molecule has 0 radical (unpaired) electrons. The van der Waals surface area contributed by atoms with Gasteiger partial charge < -0.3 is 9.64 Å². The SMILES string of the molecule is Cc1cccc(-c2ccn(-c3nc(N4CCC(=O)C4)c4sc(CN5CCOCC5)cc4n3)n2)c1. The van der Waals surface area contributed by atoms with Gasteiger partial charge in [0.15, 0.2) is 11.6 Å². The van der Waals surface area contributed by atoms with E-state index in [-0.39, 0.29) is 5.78 Å². The van der Waals surface area contributed by atoms with Crippen molar-refractivity contribution in [3.8, 4) is 17.2 Å². The molecule has 1 aromatic carbocycles. The standard InChI is InChI=1S/C25H26N6O2S/c1-17-3-2-4-18(13-17)21-6-8-31(28-21)25-26-22-14-20(16-29-9-11-33-12-10-29)34-23(22)24(27-25)30-7-5-19(32)15-30/h2-4,6,8,13-14H,5,7,9-12,15-16H2,1H3. The summed E-state index contributed by atoms with van der Waals surface area (Å²) >= 11 is 1.72. The van der Waals surface area contributed by atoms with Crippen LogP contribution in [0.15, 0.2) is 42.6 Å². The fourth-order valence-corrected chi connectivity index (χ4v) is 5.69. The third kappa shape index (κ3) is 4.22. The van der Waals surface area contributed by atoms with Crippen LogP contribution in [0.1, 0.15) is 16.9 Å². The van der Waals surface area contributed by atoms with E-state index in [4.69, 9.17) is 19.8 Å². The van der Waals surface area contributed by atoms with Crippen molar-refractivity contribution in [3.05, 3.63) is 53.0 Å². The third-order valence-corrected chi connectivity index (χ3v) is 7.42. The van der Waals surface area contributed by atoms with Crippen LogP contribution in [-0.4, -0.2) is 69.8 Å². The maximum Gasteiger partial charge on any atom is 0.253 e. The van der Waals surface area contributed by atoms with E-state index in [0.717, 1.165) is 60.1 Å². The molecule has 174 valence electrons. The Hall–Kier alpha value is -3.14. The number of nitrogens with zero attached hydrogens (tertiary/aromatic N) is 6. The molecular weight excluding hydrogens is 448 g/mol. The van der Waals surface area contributed by atoms with Gasteiger partial charge in [-0.2, -0.15) is 10.1 Å². The van der Waals surface area contributed by atoms with Gasteiger partial charge in [0.1, 0.15) is 0 Å². The fraction of sp³-hybridized carbons (Fsp3) is 0.360. The molecule has 2 saturated heterocycles. The van der Waals surface area contributed by atoms with Gasteiger partial charge in [0.2, 0.25) is 0 Å². The number of thiophene rings is 1. The minimum absolute atomic E-state index is 0.249. The van der Waals surface area contributed by atoms with Gasteiger partial charge in [-0.1, -0.05) is 23.8 Å². The highest BCUT2D eigenvalue weighted by atomic mass is 32.1. The van der Waals surface area contributed by atoms with Crippen LogP contribution in [0.5, 0.6) is 0 Å². The van der Waals surface area contributed by atoms with Crippen LogP contribution in [0.4, 0.5) is 5.82 Å². The molecule has 0 amide bonds. The molecule has 0 N–H and O–H groups in total. The quantitative estimate of drug-likeness (QED) is 0.438. The zero-order valence-corrected chi connectivity index (χ0v) is 19.9. The Morgan fingerprint density at radius 3 is 2.76 bits per heavy atom. The number of hydrogen-bond donors (Lipinski definition) is 0. The molecule has 2 aliphatic heterocycles. The number of ketones is 1. The summed E-state index contributed by atoms with van der Waals surface area (Å²) in [7, 11) is 0. The smallest absolute Gasteiger partial charge is 0.253 e. The van der Waals surface area contributed by atoms with Gasteiger partial charge >= 0.3 is 0 Å². The number of morpholine rings is 1. The number of rotatable bonds is 5. The van der Waals surface area contributed by atoms with Crippen LogP contribution in [0, 0.1) is 6.92 Å². The molecule has 0 spiro atoms. The van der Waals surface area contributed by atoms with Crippen LogP contribution in [0.3, 0.4) is 0 Å². The fourth-order valence-electron chi connectivity index (χ4n) is 4.53. The van der Waals surface area contributed by atoms with Gasteiger partial charge in [-0.05, 0) is 25.1 Å². The van der Waals surface area contributed by atoms with Crippen LogP contribution < -0.4 is 4.90 Å². The van der Waals surface area contributed by atoms with Gasteiger partial charge in [-0.25, -0.2) is 9.67 Å². The Bertz CT molecular complexity index is 1360. The number of anilines is 1. The molecule has 9 heteroatoms. The summed E-state index contributed by atoms with van der Waals surface area (Å²) < 4.78 is 8.26. The Morgan fingerprint density at radius 1 is 1.09 bits per heavy atom. The minimum Gasteiger partial charge on any atom is -0.379 e. The molecule has 0 aliphatic carbocycles. The van der Waals surface area contributed by atoms with Gasteiger partial charge in [0.05, 0.1) is 35.7 Å². The predicted octanol–water partition coefficient (Wildman–Crippen LogP) is 3.46. The lowest BCUT2D eigenvalue weighted by molar-refractivity contribution is -0.116. The number of fused-ring (bicyclic) bond motifs is 1. The van der Waals surface area contributed by atoms with E-state index in [0.29, 0.717) is 25.5 Å². The van der Waals surface area contributed by atoms with E-state index >= 15 is 0 Å². The van der Waals surface area contributed by atoms with Crippen LogP contribution >= 0.6 is 11.3 Å². The highest BCUT2D eigenvalue weighted by Gasteiger charge is 2.25. The number of benzene rings is 1. The Labute approximate surface area is 201 Å². The van der Waals surface area contributed by atoms with E-state index in [1.54, 1.807) is 16.0 Å². The number of aryl methyl sites for hydroxylation is 1. The summed E-state index contributed by atoms with van der Waals surface area (Å²) in [5, 5.41) is 4.77. The molecule has 0 saturated carbocycles. The van der Waals surface area contributed by atoms with Gasteiger partial charge in [0, 0.05) is 49.2 Å². The number of carbonyl (C=O) groups is 1. The predicted molar refractivity (Wildman–Crippen MR) is 133 cm³/mol. The van der Waals surface area contributed by atoms with Crippen molar-refractivity contribution in [3.63, 3.8) is 0 Å². The van der Waals surface area contributed by atoms with Crippen molar-refractivity contribution in [1.82, 2.24) is 24.6 Å². The van der Waals surface area contributed by atoms with Crippen LogP contribution in [-0.2, 0) is 16.1 Å². The number of hydrogen-bond acceptors (Lipinski definition) is 8. The normalized spacial score (nSPS) is 17.2. The number of aromatic nitrogens is 4. The molecule has 0 atom stereocenters. The first-order valence-electron chi connectivity index (χ1n) is 11.6. The summed E-state index contributed by atoms with van der Waals surface area (Å²) in [5.74, 6) is 1.60. The number of ether oxygens (including phenoxy) is 1. The highest BCUT2D eigenvalue weighted by Crippen LogP contribution is 2.34. The van der Waals surface area contributed by atoms with Gasteiger partial charge in [-0.3, -0.25) is 9.69 Å². The van der Waals surface area contributed by atoms with E-state index in [1.807, 2.05) is 18.3 Å². The van der Waals surface area contributed by atoms with Crippen molar-refractivity contribution in [2.45, 2.75) is 19.9 Å². The first-order valence-corrected chi connectivity index (χ1v) is 12.4. The number of Topliss-reactive ketones (excluding diaryl/α,β-unsaturated/α-hetero) is 1. The van der Waals surface area contributed by atoms with Crippen LogP contribution in [0.2, 0.25) is 0 Å². The maximum absolute atomic E-state index is 12.1. The molecule has 5 heterocycles. The highest BCUT2D eigenvalue weighted by molar-refractivity contribution is 7.19. The van der Waals surface area contributed by atoms with Crippen molar-refractivity contribution in [1.29, 1.82) is 0 Å². The maximum atomic E-state index is 12.1. The van der Waals surface area contributed by atoms with Crippen molar-refractivity contribution in [2.24, 2.45) is 0 Å². The zero-order valence-electron chi connectivity index (χ0n) is 19.1. The molecule has 0 unspecified atom stereocenters. The first-order chi connectivity index (χ1) is 16.6. The second kappa shape index (κ2) is 8.90. The summed E-state index contributed by atoms with van der Waals surface area (Å²) in [6.45, 7) is 7.46. The Balaban J connectivity index is 1.39. The molecule has 2 fully saturated rings. The summed E-state index contributed by atoms with van der Waals surface area (Å²) in [6, 6.07) is 12.4. The molecular formula is C25H26N6O2S. The van der Waals surface area contributed by atoms with E-state index in [2.05, 4.69) is 41.0 Å². The third-order valence-electron chi connectivity index (χ3n) is 6.31. The van der Waals surface area contributed by atoms with E-state index in [9.17, 15) is 4.79 Å². The lowest BCUT2D eigenvalue weighted by Crippen LogP contribution is -2.35. The second-order valence-corrected chi connectivity index (χ2v) is 10.0. The van der Waals surface area contributed by atoms with Gasteiger partial charge in [0.25, 0.3) is 5.95 Å². The summed E-state index contributed by atoms with van der Waals surface area (Å²) in [4.78, 5) is 27.6. The molecule has 8 nitrogen and oxygen atoms in total. The van der Waals surface area contributed by atoms with Crippen molar-refractivity contribution >= 4 is 33.2 Å². The van der Waals surface area contributed by atoms with Crippen LogP contribution in [0.25, 0.3) is 27.4 Å². The average Bonchev–Trinajstić information content (AvgIpc) is 3.58. The Kier molecular flexibility index (Phi) is 5.60. The first kappa shape index (κ1) is 21.4. The Morgan fingerprint density at radius 2 is 1.97 bits per heavy atom. The molecule has 0 bridgehead atoms. The second-order valence-electron chi connectivity index (χ2n) is 8.89.